The third-order valence-corrected chi connectivity index (χ3v) is 2.59. The van der Waals surface area contributed by atoms with Gasteiger partial charge in [0.1, 0.15) is 0 Å². The van der Waals surface area contributed by atoms with E-state index in [9.17, 15) is 9.59 Å². The van der Waals surface area contributed by atoms with Gasteiger partial charge >= 0.3 is 11.8 Å². The first-order chi connectivity index (χ1) is 8.61. The number of unbranched alkanes of at least 4 members (excludes halogenated alkanes) is 1. The first-order valence-corrected chi connectivity index (χ1v) is 6.78. The van der Waals surface area contributed by atoms with Gasteiger partial charge in [-0.3, -0.25) is 9.59 Å². The van der Waals surface area contributed by atoms with Crippen molar-refractivity contribution in [3.63, 3.8) is 0 Å². The average Bonchev–Trinajstić information content (AvgIpc) is 2.37. The monoisotopic (exact) mass is 258 g/mol. The Bertz CT molecular complexity index is 244. The number of nitrogens with one attached hydrogen (secondary N) is 2. The minimum absolute atomic E-state index is 0.0284. The molecule has 0 aliphatic heterocycles. The molecule has 0 spiro atoms. The Morgan fingerprint density at radius 1 is 1.11 bits per heavy atom. The molecule has 1 unspecified atom stereocenters. The largest absolute Gasteiger partial charge is 0.381 e. The standard InChI is InChI=1S/C13H26N2O3/c1-4-6-9-18-10-7-8-14-12(16)13(17)15-11(3)5-2/h11H,4-10H2,1-3H3,(H,14,16)(H,15,17). The zero-order valence-electron chi connectivity index (χ0n) is 11.8. The van der Waals surface area contributed by atoms with Crippen molar-refractivity contribution >= 4 is 11.8 Å². The SMILES string of the molecule is CCCCOCCCNC(=O)C(=O)NC(C)CC. The second kappa shape index (κ2) is 11.0. The minimum atomic E-state index is -0.566. The van der Waals surface area contributed by atoms with Crippen molar-refractivity contribution in [3.05, 3.63) is 0 Å². The molecule has 0 aliphatic carbocycles. The van der Waals surface area contributed by atoms with Gasteiger partial charge in [0.05, 0.1) is 0 Å². The third kappa shape index (κ3) is 8.98. The van der Waals surface area contributed by atoms with Crippen LogP contribution in [0.25, 0.3) is 0 Å². The minimum Gasteiger partial charge on any atom is -0.381 e. The first kappa shape index (κ1) is 16.9. The van der Waals surface area contributed by atoms with Crippen LogP contribution < -0.4 is 10.6 Å². The molecule has 2 N–H and O–H groups in total. The van der Waals surface area contributed by atoms with Crippen molar-refractivity contribution in [1.29, 1.82) is 0 Å². The van der Waals surface area contributed by atoms with Crippen molar-refractivity contribution in [2.45, 2.75) is 52.5 Å². The summed E-state index contributed by atoms with van der Waals surface area (Å²) in [5.41, 5.74) is 0. The Labute approximate surface area is 110 Å². The number of carbonyl (C=O) groups excluding carboxylic acids is 2. The van der Waals surface area contributed by atoms with Gasteiger partial charge in [-0.2, -0.15) is 0 Å². The summed E-state index contributed by atoms with van der Waals surface area (Å²) >= 11 is 0. The van der Waals surface area contributed by atoms with Crippen molar-refractivity contribution in [3.8, 4) is 0 Å². The van der Waals surface area contributed by atoms with Crippen LogP contribution in [0.2, 0.25) is 0 Å². The van der Waals surface area contributed by atoms with Gasteiger partial charge in [0.15, 0.2) is 0 Å². The van der Waals surface area contributed by atoms with E-state index in [0.717, 1.165) is 32.3 Å². The van der Waals surface area contributed by atoms with Crippen LogP contribution in [0, 0.1) is 0 Å². The molecule has 0 aromatic rings. The molecule has 0 aliphatic rings. The molecule has 0 saturated carbocycles. The number of rotatable bonds is 9. The second-order valence-electron chi connectivity index (χ2n) is 4.36. The van der Waals surface area contributed by atoms with Gasteiger partial charge in [0.25, 0.3) is 0 Å². The van der Waals surface area contributed by atoms with E-state index in [-0.39, 0.29) is 6.04 Å². The predicted molar refractivity (Wildman–Crippen MR) is 71.2 cm³/mol. The molecule has 0 bridgehead atoms. The molecule has 106 valence electrons. The summed E-state index contributed by atoms with van der Waals surface area (Å²) < 4.78 is 5.35. The molecule has 18 heavy (non-hydrogen) atoms. The van der Waals surface area contributed by atoms with E-state index in [0.29, 0.717) is 13.2 Å². The Balaban J connectivity index is 3.49. The number of carbonyl (C=O) groups is 2. The molecule has 2 amide bonds. The molecule has 0 aromatic heterocycles. The van der Waals surface area contributed by atoms with E-state index in [2.05, 4.69) is 17.6 Å². The molecule has 0 rings (SSSR count). The van der Waals surface area contributed by atoms with Crippen LogP contribution >= 0.6 is 0 Å². The van der Waals surface area contributed by atoms with Gasteiger partial charge in [-0.15, -0.1) is 0 Å². The van der Waals surface area contributed by atoms with Crippen LogP contribution in [0.5, 0.6) is 0 Å². The second-order valence-corrected chi connectivity index (χ2v) is 4.36. The van der Waals surface area contributed by atoms with Crippen LogP contribution in [0.4, 0.5) is 0 Å². The van der Waals surface area contributed by atoms with Crippen molar-refractivity contribution < 1.29 is 14.3 Å². The zero-order chi connectivity index (χ0) is 13.8. The molecule has 0 fully saturated rings. The molecule has 0 aromatic carbocycles. The molecule has 0 saturated heterocycles. The maximum atomic E-state index is 11.4. The van der Waals surface area contributed by atoms with E-state index in [1.807, 2.05) is 13.8 Å². The first-order valence-electron chi connectivity index (χ1n) is 6.78. The number of hydrogen-bond acceptors (Lipinski definition) is 3. The lowest BCUT2D eigenvalue weighted by molar-refractivity contribution is -0.139. The van der Waals surface area contributed by atoms with Gasteiger partial charge in [-0.1, -0.05) is 20.3 Å². The maximum Gasteiger partial charge on any atom is 0.309 e. The summed E-state index contributed by atoms with van der Waals surface area (Å²) in [6.07, 6.45) is 3.71. The summed E-state index contributed by atoms with van der Waals surface area (Å²) in [5, 5.41) is 5.19. The smallest absolute Gasteiger partial charge is 0.309 e. The molecular formula is C13H26N2O3. The maximum absolute atomic E-state index is 11.4. The topological polar surface area (TPSA) is 67.4 Å². The molecule has 0 heterocycles. The van der Waals surface area contributed by atoms with Gasteiger partial charge < -0.3 is 15.4 Å². The van der Waals surface area contributed by atoms with Crippen molar-refractivity contribution in [2.24, 2.45) is 0 Å². The zero-order valence-corrected chi connectivity index (χ0v) is 11.8. The number of hydrogen-bond donors (Lipinski definition) is 2. The highest BCUT2D eigenvalue weighted by Crippen LogP contribution is 1.90. The summed E-state index contributed by atoms with van der Waals surface area (Å²) in [4.78, 5) is 22.7. The lowest BCUT2D eigenvalue weighted by Gasteiger charge is -2.11. The predicted octanol–water partition coefficient (Wildman–Crippen LogP) is 1.22. The normalized spacial score (nSPS) is 11.9. The average molecular weight is 258 g/mol. The highest BCUT2D eigenvalue weighted by atomic mass is 16.5. The fourth-order valence-corrected chi connectivity index (χ4v) is 1.20. The quantitative estimate of drug-likeness (QED) is 0.483. The highest BCUT2D eigenvalue weighted by Gasteiger charge is 2.14. The molecule has 5 nitrogen and oxygen atoms in total. The summed E-state index contributed by atoms with van der Waals surface area (Å²) in [5.74, 6) is -1.12. The van der Waals surface area contributed by atoms with Crippen LogP contribution in [-0.2, 0) is 14.3 Å². The Morgan fingerprint density at radius 3 is 2.39 bits per heavy atom. The fraction of sp³-hybridized carbons (Fsp3) is 0.846. The molecule has 0 radical (unpaired) electrons. The summed E-state index contributed by atoms with van der Waals surface area (Å²) in [6.45, 7) is 7.79. The number of amides is 2. The van der Waals surface area contributed by atoms with E-state index < -0.39 is 11.8 Å². The lowest BCUT2D eigenvalue weighted by atomic mass is 10.2. The van der Waals surface area contributed by atoms with Crippen molar-refractivity contribution in [1.82, 2.24) is 10.6 Å². The molecule has 5 heteroatoms. The summed E-state index contributed by atoms with van der Waals surface area (Å²) in [7, 11) is 0. The third-order valence-electron chi connectivity index (χ3n) is 2.59. The molecule has 1 atom stereocenters. The van der Waals surface area contributed by atoms with Crippen LogP contribution in [-0.4, -0.2) is 37.6 Å². The Hall–Kier alpha value is -1.10. The van der Waals surface area contributed by atoms with Gasteiger partial charge in [0.2, 0.25) is 0 Å². The van der Waals surface area contributed by atoms with Gasteiger partial charge in [0, 0.05) is 25.8 Å². The molecular weight excluding hydrogens is 232 g/mol. The van der Waals surface area contributed by atoms with E-state index in [4.69, 9.17) is 4.74 Å². The lowest BCUT2D eigenvalue weighted by Crippen LogP contribution is -2.43. The highest BCUT2D eigenvalue weighted by molar-refractivity contribution is 6.35. The van der Waals surface area contributed by atoms with Gasteiger partial charge in [-0.05, 0) is 26.2 Å². The van der Waals surface area contributed by atoms with E-state index in [1.54, 1.807) is 0 Å². The van der Waals surface area contributed by atoms with Crippen LogP contribution in [0.15, 0.2) is 0 Å². The van der Waals surface area contributed by atoms with Crippen molar-refractivity contribution in [2.75, 3.05) is 19.8 Å². The van der Waals surface area contributed by atoms with Crippen LogP contribution in [0.3, 0.4) is 0 Å². The fourth-order valence-electron chi connectivity index (χ4n) is 1.20. The van der Waals surface area contributed by atoms with Gasteiger partial charge in [-0.25, -0.2) is 0 Å². The Kier molecular flexibility index (Phi) is 10.3. The van der Waals surface area contributed by atoms with E-state index in [1.165, 1.54) is 0 Å². The van der Waals surface area contributed by atoms with Crippen LogP contribution in [0.1, 0.15) is 46.5 Å². The summed E-state index contributed by atoms with van der Waals surface area (Å²) in [6, 6.07) is 0.0284. The number of ether oxygens (including phenoxy) is 1. The van der Waals surface area contributed by atoms with E-state index >= 15 is 0 Å². The Morgan fingerprint density at radius 2 is 1.78 bits per heavy atom.